The Morgan fingerprint density at radius 3 is 2.68 bits per heavy atom. The lowest BCUT2D eigenvalue weighted by Gasteiger charge is -2.34. The molecule has 0 bridgehead atoms. The third kappa shape index (κ3) is 3.75. The Bertz CT molecular complexity index is 890. The van der Waals surface area contributed by atoms with Gasteiger partial charge in [0.25, 0.3) is 0 Å². The Morgan fingerprint density at radius 1 is 1.11 bits per heavy atom. The van der Waals surface area contributed by atoms with Gasteiger partial charge < -0.3 is 15.5 Å². The number of fused-ring (bicyclic) bond motifs is 1. The van der Waals surface area contributed by atoms with Crippen molar-refractivity contribution in [3.63, 3.8) is 0 Å². The second-order valence-electron chi connectivity index (χ2n) is 7.31. The normalized spacial score (nSPS) is 24.2. The maximum atomic E-state index is 13.8. The van der Waals surface area contributed by atoms with Crippen molar-refractivity contribution in [3.05, 3.63) is 71.3 Å². The van der Waals surface area contributed by atoms with Crippen molar-refractivity contribution in [2.75, 3.05) is 6.54 Å². The van der Waals surface area contributed by atoms with Crippen LogP contribution in [-0.2, 0) is 22.6 Å². The summed E-state index contributed by atoms with van der Waals surface area (Å²) >= 11 is 0. The van der Waals surface area contributed by atoms with Crippen LogP contribution in [0, 0.1) is 11.6 Å². The van der Waals surface area contributed by atoms with E-state index in [0.717, 1.165) is 23.8 Å². The second kappa shape index (κ2) is 7.67. The standard InChI is InChI=1S/C21H21F2N3O2/c22-15-6-7-17(23)14(9-15)11-24-16-10-19-20(27)25-18(21(28)26(19)12-16)8-13-4-2-1-3-5-13/h1-7,9,16,18-19,24H,8,10-12H2,(H,25,27)/t16-,18+,19-/m0/s1. The summed E-state index contributed by atoms with van der Waals surface area (Å²) in [6.45, 7) is 0.511. The zero-order valence-corrected chi connectivity index (χ0v) is 15.2. The minimum absolute atomic E-state index is 0.102. The van der Waals surface area contributed by atoms with Crippen molar-refractivity contribution < 1.29 is 18.4 Å². The lowest BCUT2D eigenvalue weighted by atomic mass is 10.0. The van der Waals surface area contributed by atoms with Gasteiger partial charge in [-0.2, -0.15) is 0 Å². The van der Waals surface area contributed by atoms with E-state index in [1.54, 1.807) is 4.90 Å². The molecule has 2 fully saturated rings. The van der Waals surface area contributed by atoms with E-state index >= 15 is 0 Å². The van der Waals surface area contributed by atoms with Crippen molar-refractivity contribution in [3.8, 4) is 0 Å². The van der Waals surface area contributed by atoms with E-state index in [-0.39, 0.29) is 30.0 Å². The van der Waals surface area contributed by atoms with Crippen LogP contribution in [0.5, 0.6) is 0 Å². The van der Waals surface area contributed by atoms with Crippen LogP contribution in [0.15, 0.2) is 48.5 Å². The van der Waals surface area contributed by atoms with Crippen LogP contribution >= 0.6 is 0 Å². The molecule has 2 aliphatic rings. The maximum absolute atomic E-state index is 13.8. The molecule has 2 saturated heterocycles. The first-order chi connectivity index (χ1) is 13.5. The second-order valence-corrected chi connectivity index (χ2v) is 7.31. The highest BCUT2D eigenvalue weighted by molar-refractivity contribution is 5.97. The van der Waals surface area contributed by atoms with Gasteiger partial charge in [0.2, 0.25) is 11.8 Å². The molecular formula is C21H21F2N3O2. The summed E-state index contributed by atoms with van der Waals surface area (Å²) in [4.78, 5) is 27.0. The van der Waals surface area contributed by atoms with Gasteiger partial charge in [-0.25, -0.2) is 8.78 Å². The minimum Gasteiger partial charge on any atom is -0.342 e. The van der Waals surface area contributed by atoms with Gasteiger partial charge in [0, 0.05) is 31.1 Å². The fourth-order valence-corrected chi connectivity index (χ4v) is 3.93. The van der Waals surface area contributed by atoms with Crippen LogP contribution in [0.1, 0.15) is 17.5 Å². The van der Waals surface area contributed by atoms with E-state index in [9.17, 15) is 18.4 Å². The average Bonchev–Trinajstić information content (AvgIpc) is 3.13. The molecule has 0 spiro atoms. The summed E-state index contributed by atoms with van der Waals surface area (Å²) in [5.74, 6) is -1.25. The molecule has 0 saturated carbocycles. The molecule has 2 N–H and O–H groups in total. The zero-order valence-electron chi connectivity index (χ0n) is 15.2. The predicted octanol–water partition coefficient (Wildman–Crippen LogP) is 1.76. The van der Waals surface area contributed by atoms with Crippen LogP contribution in [0.2, 0.25) is 0 Å². The molecule has 2 aliphatic heterocycles. The Kier molecular flexibility index (Phi) is 5.09. The summed E-state index contributed by atoms with van der Waals surface area (Å²) in [5, 5.41) is 5.98. The van der Waals surface area contributed by atoms with Gasteiger partial charge >= 0.3 is 0 Å². The van der Waals surface area contributed by atoms with E-state index < -0.39 is 23.7 Å². The molecule has 2 heterocycles. The van der Waals surface area contributed by atoms with Gasteiger partial charge in [0.15, 0.2) is 0 Å². The molecule has 3 atom stereocenters. The third-order valence-electron chi connectivity index (χ3n) is 5.37. The smallest absolute Gasteiger partial charge is 0.246 e. The number of benzene rings is 2. The van der Waals surface area contributed by atoms with E-state index in [0.29, 0.717) is 19.4 Å². The van der Waals surface area contributed by atoms with E-state index in [1.165, 1.54) is 0 Å². The fraction of sp³-hybridized carbons (Fsp3) is 0.333. The maximum Gasteiger partial charge on any atom is 0.246 e. The van der Waals surface area contributed by atoms with Gasteiger partial charge in [0.05, 0.1) is 0 Å². The molecule has 7 heteroatoms. The lowest BCUT2D eigenvalue weighted by molar-refractivity contribution is -0.147. The van der Waals surface area contributed by atoms with Crippen LogP contribution in [0.25, 0.3) is 0 Å². The van der Waals surface area contributed by atoms with Crippen molar-refractivity contribution in [1.29, 1.82) is 0 Å². The Morgan fingerprint density at radius 2 is 1.89 bits per heavy atom. The van der Waals surface area contributed by atoms with Crippen molar-refractivity contribution in [1.82, 2.24) is 15.5 Å². The SMILES string of the molecule is O=C1N[C@H](Cc2ccccc2)C(=O)N2C[C@@H](NCc3cc(F)ccc3F)C[C@@H]12. The van der Waals surface area contributed by atoms with Crippen molar-refractivity contribution in [2.45, 2.75) is 37.5 Å². The molecule has 2 amide bonds. The molecule has 28 heavy (non-hydrogen) atoms. The molecule has 0 radical (unpaired) electrons. The van der Waals surface area contributed by atoms with E-state index in [4.69, 9.17) is 0 Å². The molecule has 2 aromatic rings. The molecule has 0 aromatic heterocycles. The van der Waals surface area contributed by atoms with Crippen molar-refractivity contribution in [2.24, 2.45) is 0 Å². The number of halogens is 2. The molecule has 5 nitrogen and oxygen atoms in total. The number of amides is 2. The van der Waals surface area contributed by atoms with Gasteiger partial charge in [-0.1, -0.05) is 30.3 Å². The number of piperazine rings is 1. The van der Waals surface area contributed by atoms with E-state index in [1.807, 2.05) is 30.3 Å². The highest BCUT2D eigenvalue weighted by atomic mass is 19.1. The zero-order chi connectivity index (χ0) is 19.7. The molecule has 146 valence electrons. The lowest BCUT2D eigenvalue weighted by Crippen LogP contribution is -2.61. The average molecular weight is 385 g/mol. The quantitative estimate of drug-likeness (QED) is 0.825. The van der Waals surface area contributed by atoms with Crippen LogP contribution < -0.4 is 10.6 Å². The molecule has 0 unspecified atom stereocenters. The highest BCUT2D eigenvalue weighted by Gasteiger charge is 2.46. The minimum atomic E-state index is -0.578. The van der Waals surface area contributed by atoms with Crippen LogP contribution in [0.3, 0.4) is 0 Å². The summed E-state index contributed by atoms with van der Waals surface area (Å²) in [5.41, 5.74) is 1.21. The molecule has 2 aromatic carbocycles. The van der Waals surface area contributed by atoms with E-state index in [2.05, 4.69) is 10.6 Å². The predicted molar refractivity (Wildman–Crippen MR) is 99.2 cm³/mol. The first-order valence-electron chi connectivity index (χ1n) is 9.33. The Hall–Kier alpha value is -2.80. The summed E-state index contributed by atoms with van der Waals surface area (Å²) in [6.07, 6.45) is 0.897. The first-order valence-corrected chi connectivity index (χ1v) is 9.33. The van der Waals surface area contributed by atoms with Crippen molar-refractivity contribution >= 4 is 11.8 Å². The highest BCUT2D eigenvalue weighted by Crippen LogP contribution is 2.24. The number of nitrogens with zero attached hydrogens (tertiary/aromatic N) is 1. The topological polar surface area (TPSA) is 61.4 Å². The molecule has 4 rings (SSSR count). The number of carbonyl (C=O) groups is 2. The van der Waals surface area contributed by atoms with Gasteiger partial charge in [-0.3, -0.25) is 9.59 Å². The molecular weight excluding hydrogens is 364 g/mol. The largest absolute Gasteiger partial charge is 0.342 e. The van der Waals surface area contributed by atoms with Gasteiger partial charge in [-0.15, -0.1) is 0 Å². The number of carbonyl (C=O) groups excluding carboxylic acids is 2. The first kappa shape index (κ1) is 18.6. The van der Waals surface area contributed by atoms with Gasteiger partial charge in [0.1, 0.15) is 23.7 Å². The molecule has 0 aliphatic carbocycles. The summed E-state index contributed by atoms with van der Waals surface area (Å²) < 4.78 is 27.1. The van der Waals surface area contributed by atoms with Crippen LogP contribution in [0.4, 0.5) is 8.78 Å². The number of hydrogen-bond donors (Lipinski definition) is 2. The third-order valence-corrected chi connectivity index (χ3v) is 5.37. The van der Waals surface area contributed by atoms with Gasteiger partial charge in [-0.05, 0) is 30.2 Å². The number of hydrogen-bond acceptors (Lipinski definition) is 3. The Balaban J connectivity index is 1.40. The summed E-state index contributed by atoms with van der Waals surface area (Å²) in [6, 6.07) is 11.6. The van der Waals surface area contributed by atoms with Crippen LogP contribution in [-0.4, -0.2) is 41.4 Å². The number of rotatable bonds is 5. The Labute approximate surface area is 161 Å². The monoisotopic (exact) mass is 385 g/mol. The summed E-state index contributed by atoms with van der Waals surface area (Å²) in [7, 11) is 0. The fourth-order valence-electron chi connectivity index (χ4n) is 3.93. The number of nitrogens with one attached hydrogen (secondary N) is 2.